The Kier molecular flexibility index (Phi) is 16.7. The number of hydrogen-bond acceptors (Lipinski definition) is 12. The van der Waals surface area contributed by atoms with Gasteiger partial charge in [0.05, 0.1) is 20.2 Å². The molecule has 6 aromatic carbocycles. The van der Waals surface area contributed by atoms with Crippen LogP contribution in [0.4, 0.5) is 23.0 Å². The van der Waals surface area contributed by atoms with E-state index in [-0.39, 0.29) is 18.0 Å². The highest BCUT2D eigenvalue weighted by molar-refractivity contribution is 6.13. The number of methoxy groups -OCH3 is 1. The second-order valence-corrected chi connectivity index (χ2v) is 16.3. The highest BCUT2D eigenvalue weighted by Crippen LogP contribution is 2.25. The van der Waals surface area contributed by atoms with Gasteiger partial charge in [-0.2, -0.15) is 0 Å². The molecule has 0 saturated heterocycles. The summed E-state index contributed by atoms with van der Waals surface area (Å²) in [6, 6.07) is 51.0. The van der Waals surface area contributed by atoms with Gasteiger partial charge in [-0.05, 0) is 71.8 Å². The Bertz CT molecular complexity index is 2810. The first-order valence-corrected chi connectivity index (χ1v) is 22.6. The molecule has 2 atom stereocenters. The summed E-state index contributed by atoms with van der Waals surface area (Å²) >= 11 is 0. The van der Waals surface area contributed by atoms with Gasteiger partial charge in [0.1, 0.15) is 48.4 Å². The Balaban J connectivity index is 0.856. The summed E-state index contributed by atoms with van der Waals surface area (Å²) in [5.74, 6) is 1.09. The van der Waals surface area contributed by atoms with Crippen LogP contribution in [-0.2, 0) is 27.2 Å². The van der Waals surface area contributed by atoms with Crippen LogP contribution in [-0.4, -0.2) is 93.2 Å². The van der Waals surface area contributed by atoms with E-state index in [1.165, 1.54) is 7.11 Å². The van der Waals surface area contributed by atoms with E-state index in [4.69, 9.17) is 19.2 Å². The SMILES string of the molecule is COC(=O)C(Cc1ccc(OCCN(C)c2cccc(N(C)CCOc3ccc(C[C@H](Nc4ccccc4C(=O)c4ccccc4)C(=O)O)cc3)n2)cc1)Nc1ccccc1C(=O)c1ccccc1. The molecule has 3 N–H and O–H groups in total. The van der Waals surface area contributed by atoms with Crippen molar-refractivity contribution in [3.63, 3.8) is 0 Å². The standard InChI is InChI=1S/C56H55N5O8/c1-60(33-35-68-43-29-25-39(26-30-43)37-49(55(64)65)57-47-21-12-10-19-45(47)53(62)41-15-6-4-7-16-41)51-23-14-24-52(59-51)61(2)34-36-69-44-31-27-40(28-32-44)38-50(56(66)67-3)58-48-22-13-11-20-46(48)54(63)42-17-8-5-9-18-42/h4-32,49-50,57-58H,33-38H2,1-3H3,(H,64,65)/t49-,50?/m0/s1. The Morgan fingerprint density at radius 2 is 0.928 bits per heavy atom. The normalized spacial score (nSPS) is 11.6. The first-order chi connectivity index (χ1) is 33.6. The van der Waals surface area contributed by atoms with Gasteiger partial charge < -0.3 is 39.8 Å². The molecule has 1 heterocycles. The molecule has 1 unspecified atom stereocenters. The van der Waals surface area contributed by atoms with Crippen molar-refractivity contribution >= 4 is 46.5 Å². The smallest absolute Gasteiger partial charge is 0.328 e. The van der Waals surface area contributed by atoms with E-state index in [0.29, 0.717) is 77.9 Å². The number of carbonyl (C=O) groups is 4. The number of aromatic nitrogens is 1. The van der Waals surface area contributed by atoms with E-state index < -0.39 is 24.0 Å². The lowest BCUT2D eigenvalue weighted by molar-refractivity contribution is -0.141. The van der Waals surface area contributed by atoms with Gasteiger partial charge in [0.15, 0.2) is 11.6 Å². The van der Waals surface area contributed by atoms with Gasteiger partial charge in [-0.15, -0.1) is 0 Å². The van der Waals surface area contributed by atoms with Crippen LogP contribution in [0.3, 0.4) is 0 Å². The number of pyridine rings is 1. The lowest BCUT2D eigenvalue weighted by atomic mass is 10.00. The molecule has 0 fully saturated rings. The molecule has 0 aliphatic carbocycles. The monoisotopic (exact) mass is 925 g/mol. The molecule has 13 nitrogen and oxygen atoms in total. The number of nitrogens with zero attached hydrogens (tertiary/aromatic N) is 3. The van der Waals surface area contributed by atoms with Crippen LogP contribution in [0.15, 0.2) is 176 Å². The van der Waals surface area contributed by atoms with Crippen LogP contribution in [0.2, 0.25) is 0 Å². The number of para-hydroxylation sites is 2. The van der Waals surface area contributed by atoms with E-state index in [1.807, 2.05) is 121 Å². The van der Waals surface area contributed by atoms with Crippen LogP contribution < -0.4 is 29.9 Å². The van der Waals surface area contributed by atoms with Gasteiger partial charge in [0.25, 0.3) is 0 Å². The molecule has 0 aliphatic heterocycles. The van der Waals surface area contributed by atoms with E-state index in [0.717, 1.165) is 22.8 Å². The van der Waals surface area contributed by atoms with Crippen molar-refractivity contribution < 1.29 is 38.5 Å². The maximum absolute atomic E-state index is 13.3. The molecule has 7 rings (SSSR count). The number of esters is 1. The third-order valence-corrected chi connectivity index (χ3v) is 11.5. The number of hydrogen-bond donors (Lipinski definition) is 3. The second kappa shape index (κ2) is 23.8. The van der Waals surface area contributed by atoms with Gasteiger partial charge in [0.2, 0.25) is 0 Å². The van der Waals surface area contributed by atoms with Crippen molar-refractivity contribution in [2.24, 2.45) is 0 Å². The summed E-state index contributed by atoms with van der Waals surface area (Å²) in [5.41, 5.74) is 4.64. The zero-order chi connectivity index (χ0) is 48.5. The minimum Gasteiger partial charge on any atom is -0.492 e. The summed E-state index contributed by atoms with van der Waals surface area (Å²) in [5, 5.41) is 16.4. The molecule has 13 heteroatoms. The van der Waals surface area contributed by atoms with Gasteiger partial charge in [-0.25, -0.2) is 14.6 Å². The van der Waals surface area contributed by atoms with Gasteiger partial charge in [-0.1, -0.05) is 115 Å². The topological polar surface area (TPSA) is 160 Å². The van der Waals surface area contributed by atoms with Crippen LogP contribution in [0.1, 0.15) is 43.0 Å². The van der Waals surface area contributed by atoms with E-state index in [1.54, 1.807) is 78.9 Å². The van der Waals surface area contributed by atoms with Crippen molar-refractivity contribution in [3.8, 4) is 11.5 Å². The maximum atomic E-state index is 13.3. The van der Waals surface area contributed by atoms with Crippen LogP contribution in [0.25, 0.3) is 0 Å². The number of anilines is 4. The summed E-state index contributed by atoms with van der Waals surface area (Å²) in [7, 11) is 5.25. The molecule has 0 bridgehead atoms. The fraction of sp³-hybridized carbons (Fsp3) is 0.196. The highest BCUT2D eigenvalue weighted by atomic mass is 16.5. The molecule has 0 spiro atoms. The molecule has 0 amide bonds. The Hall–Kier alpha value is -8.45. The second-order valence-electron chi connectivity index (χ2n) is 16.3. The van der Waals surface area contributed by atoms with Crippen LogP contribution >= 0.6 is 0 Å². The number of carbonyl (C=O) groups excluding carboxylic acids is 3. The number of benzene rings is 6. The molecule has 1 aromatic heterocycles. The Morgan fingerprint density at radius 1 is 0.522 bits per heavy atom. The van der Waals surface area contributed by atoms with Crippen molar-refractivity contribution in [2.45, 2.75) is 24.9 Å². The fourth-order valence-corrected chi connectivity index (χ4v) is 7.60. The highest BCUT2D eigenvalue weighted by Gasteiger charge is 2.24. The summed E-state index contributed by atoms with van der Waals surface area (Å²) in [6.45, 7) is 1.92. The predicted molar refractivity (Wildman–Crippen MR) is 269 cm³/mol. The number of ketones is 2. The maximum Gasteiger partial charge on any atom is 0.328 e. The largest absolute Gasteiger partial charge is 0.492 e. The van der Waals surface area contributed by atoms with Crippen molar-refractivity contribution in [1.29, 1.82) is 0 Å². The first kappa shape index (κ1) is 48.5. The molecule has 0 radical (unpaired) electrons. The number of likely N-dealkylation sites (N-methyl/N-ethyl adjacent to an activating group) is 2. The van der Waals surface area contributed by atoms with E-state index >= 15 is 0 Å². The quantitative estimate of drug-likeness (QED) is 0.0390. The van der Waals surface area contributed by atoms with E-state index in [2.05, 4.69) is 10.6 Å². The number of carboxylic acids is 1. The molecular formula is C56H55N5O8. The average Bonchev–Trinajstić information content (AvgIpc) is 3.39. The third-order valence-electron chi connectivity index (χ3n) is 11.5. The zero-order valence-corrected chi connectivity index (χ0v) is 38.8. The molecular weight excluding hydrogens is 871 g/mol. The molecule has 0 aliphatic rings. The average molecular weight is 926 g/mol. The lowest BCUT2D eigenvalue weighted by Gasteiger charge is -2.23. The van der Waals surface area contributed by atoms with Crippen molar-refractivity contribution in [1.82, 2.24) is 4.98 Å². The minimum absolute atomic E-state index is 0.144. The Labute approximate surface area is 402 Å². The number of nitrogens with one attached hydrogen (secondary N) is 2. The van der Waals surface area contributed by atoms with E-state index in [9.17, 15) is 24.3 Å². The number of rotatable bonds is 24. The molecule has 69 heavy (non-hydrogen) atoms. The first-order valence-electron chi connectivity index (χ1n) is 22.6. The predicted octanol–water partition coefficient (Wildman–Crippen LogP) is 8.88. The fourth-order valence-electron chi connectivity index (χ4n) is 7.60. The zero-order valence-electron chi connectivity index (χ0n) is 38.8. The Morgan fingerprint density at radius 3 is 1.36 bits per heavy atom. The number of aliphatic carboxylic acids is 1. The van der Waals surface area contributed by atoms with Crippen molar-refractivity contribution in [3.05, 3.63) is 209 Å². The summed E-state index contributed by atoms with van der Waals surface area (Å²) in [4.78, 5) is 60.7. The van der Waals surface area contributed by atoms with Gasteiger partial charge in [0, 0.05) is 60.6 Å². The molecule has 352 valence electrons. The van der Waals surface area contributed by atoms with Crippen LogP contribution in [0, 0.1) is 0 Å². The van der Waals surface area contributed by atoms with Gasteiger partial charge in [-0.3, -0.25) is 9.59 Å². The summed E-state index contributed by atoms with van der Waals surface area (Å²) < 4.78 is 17.3. The lowest BCUT2D eigenvalue weighted by Crippen LogP contribution is -2.33. The minimum atomic E-state index is -1.03. The molecule has 7 aromatic rings. The van der Waals surface area contributed by atoms with Gasteiger partial charge >= 0.3 is 11.9 Å². The number of ether oxygens (including phenoxy) is 3. The van der Waals surface area contributed by atoms with Crippen molar-refractivity contribution in [2.75, 3.05) is 67.9 Å². The van der Waals surface area contributed by atoms with Crippen LogP contribution in [0.5, 0.6) is 11.5 Å². The molecule has 0 saturated carbocycles. The third kappa shape index (κ3) is 13.3. The summed E-state index contributed by atoms with van der Waals surface area (Å²) in [6.07, 6.45) is 0.520. The number of carboxylic acid groups (broad SMARTS) is 1.